The van der Waals surface area contributed by atoms with Gasteiger partial charge in [0.1, 0.15) is 5.75 Å². The second-order valence-electron chi connectivity index (χ2n) is 6.15. The molecule has 98 valence electrons. The van der Waals surface area contributed by atoms with E-state index < -0.39 is 0 Å². The number of carbonyl (C=O) groups excluding carboxylic acids is 1. The molecule has 1 aromatic carbocycles. The Hall–Kier alpha value is -1.31. The van der Waals surface area contributed by atoms with Gasteiger partial charge in [-0.3, -0.25) is 4.79 Å². The number of aryl methyl sites for hydroxylation is 2. The zero-order valence-corrected chi connectivity index (χ0v) is 12.0. The summed E-state index contributed by atoms with van der Waals surface area (Å²) >= 11 is 0. The minimum Gasteiger partial charge on any atom is -0.496 e. The number of hydrogen-bond donors (Lipinski definition) is 0. The summed E-state index contributed by atoms with van der Waals surface area (Å²) in [6.45, 7) is 8.40. The van der Waals surface area contributed by atoms with Crippen LogP contribution in [0.15, 0.2) is 6.07 Å². The van der Waals surface area contributed by atoms with Crippen LogP contribution in [0, 0.1) is 19.3 Å². The lowest BCUT2D eigenvalue weighted by atomic mass is 9.84. The van der Waals surface area contributed by atoms with Crippen molar-refractivity contribution in [2.45, 2.75) is 47.0 Å². The second-order valence-corrected chi connectivity index (χ2v) is 6.15. The van der Waals surface area contributed by atoms with E-state index in [9.17, 15) is 4.79 Å². The second kappa shape index (κ2) is 4.42. The molecule has 2 rings (SSSR count). The molecule has 0 N–H and O–H groups in total. The monoisotopic (exact) mass is 246 g/mol. The Bertz CT molecular complexity index is 498. The maximum atomic E-state index is 12.5. The molecule has 0 bridgehead atoms. The van der Waals surface area contributed by atoms with Gasteiger partial charge in [0.05, 0.1) is 7.11 Å². The summed E-state index contributed by atoms with van der Waals surface area (Å²) in [5.41, 5.74) is 4.34. The highest BCUT2D eigenvalue weighted by molar-refractivity contribution is 6.00. The topological polar surface area (TPSA) is 26.3 Å². The molecule has 0 unspecified atom stereocenters. The van der Waals surface area contributed by atoms with E-state index in [0.29, 0.717) is 6.42 Å². The van der Waals surface area contributed by atoms with Gasteiger partial charge in [0, 0.05) is 17.5 Å². The minimum absolute atomic E-state index is 0.101. The first-order valence-corrected chi connectivity index (χ1v) is 6.56. The van der Waals surface area contributed by atoms with Crippen molar-refractivity contribution < 1.29 is 9.53 Å². The average Bonchev–Trinajstić information content (AvgIpc) is 2.35. The van der Waals surface area contributed by atoms with Gasteiger partial charge in [-0.1, -0.05) is 19.9 Å². The molecule has 0 aromatic heterocycles. The Kier molecular flexibility index (Phi) is 3.22. The van der Waals surface area contributed by atoms with Crippen LogP contribution in [-0.4, -0.2) is 12.9 Å². The van der Waals surface area contributed by atoms with Gasteiger partial charge < -0.3 is 4.74 Å². The molecule has 0 amide bonds. The maximum Gasteiger partial charge on any atom is 0.164 e. The van der Waals surface area contributed by atoms with Crippen molar-refractivity contribution in [2.75, 3.05) is 7.11 Å². The first-order chi connectivity index (χ1) is 8.35. The van der Waals surface area contributed by atoms with Crippen molar-refractivity contribution in [3.05, 3.63) is 28.3 Å². The molecule has 0 heterocycles. The first kappa shape index (κ1) is 13.1. The molecule has 0 spiro atoms. The van der Waals surface area contributed by atoms with E-state index in [4.69, 9.17) is 4.74 Å². The first-order valence-electron chi connectivity index (χ1n) is 6.56. The van der Waals surface area contributed by atoms with Gasteiger partial charge in [0.2, 0.25) is 0 Å². The smallest absolute Gasteiger partial charge is 0.164 e. The fourth-order valence-electron chi connectivity index (χ4n) is 3.03. The Balaban J connectivity index is 2.60. The van der Waals surface area contributed by atoms with Crippen molar-refractivity contribution in [3.63, 3.8) is 0 Å². The maximum absolute atomic E-state index is 12.5. The lowest BCUT2D eigenvalue weighted by Gasteiger charge is -2.20. The van der Waals surface area contributed by atoms with Crippen molar-refractivity contribution in [1.82, 2.24) is 0 Å². The quantitative estimate of drug-likeness (QED) is 0.703. The third-order valence-electron chi connectivity index (χ3n) is 3.98. The fraction of sp³-hybridized carbons (Fsp3) is 0.562. The number of rotatable bonds is 1. The summed E-state index contributed by atoms with van der Waals surface area (Å²) in [7, 11) is 1.67. The van der Waals surface area contributed by atoms with Crippen LogP contribution < -0.4 is 4.74 Å². The predicted octanol–water partition coefficient (Wildman–Crippen LogP) is 3.86. The van der Waals surface area contributed by atoms with Crippen molar-refractivity contribution in [1.29, 1.82) is 0 Å². The van der Waals surface area contributed by atoms with Crippen LogP contribution in [0.2, 0.25) is 0 Å². The number of methoxy groups -OCH3 is 1. The van der Waals surface area contributed by atoms with Crippen LogP contribution >= 0.6 is 0 Å². The molecule has 0 fully saturated rings. The number of fused-ring (bicyclic) bond motifs is 1. The van der Waals surface area contributed by atoms with E-state index in [-0.39, 0.29) is 11.2 Å². The highest BCUT2D eigenvalue weighted by atomic mass is 16.5. The molecule has 2 nitrogen and oxygen atoms in total. The van der Waals surface area contributed by atoms with Crippen molar-refractivity contribution >= 4 is 5.78 Å². The van der Waals surface area contributed by atoms with E-state index in [1.807, 2.05) is 13.8 Å². The number of Topliss-reactive ketones (excluding diaryl/α,β-unsaturated/α-hetero) is 1. The highest BCUT2D eigenvalue weighted by Crippen LogP contribution is 2.38. The third-order valence-corrected chi connectivity index (χ3v) is 3.98. The van der Waals surface area contributed by atoms with Crippen LogP contribution in [0.25, 0.3) is 0 Å². The molecular formula is C16H22O2. The van der Waals surface area contributed by atoms with E-state index in [2.05, 4.69) is 19.9 Å². The van der Waals surface area contributed by atoms with Gasteiger partial charge in [0.15, 0.2) is 5.78 Å². The zero-order chi connectivity index (χ0) is 13.5. The molecule has 2 heteroatoms. The van der Waals surface area contributed by atoms with E-state index >= 15 is 0 Å². The van der Waals surface area contributed by atoms with Gasteiger partial charge in [-0.25, -0.2) is 0 Å². The molecule has 0 saturated carbocycles. The van der Waals surface area contributed by atoms with Gasteiger partial charge >= 0.3 is 0 Å². The summed E-state index contributed by atoms with van der Waals surface area (Å²) in [6, 6.07) is 2.13. The summed E-state index contributed by atoms with van der Waals surface area (Å²) < 4.78 is 5.43. The number of ketones is 1. The molecule has 0 radical (unpaired) electrons. The summed E-state index contributed by atoms with van der Waals surface area (Å²) in [5.74, 6) is 1.13. The Morgan fingerprint density at radius 1 is 1.28 bits per heavy atom. The van der Waals surface area contributed by atoms with Crippen LogP contribution in [0.1, 0.15) is 53.7 Å². The largest absolute Gasteiger partial charge is 0.496 e. The third kappa shape index (κ3) is 2.16. The van der Waals surface area contributed by atoms with Crippen LogP contribution in [0.3, 0.4) is 0 Å². The normalized spacial score (nSPS) is 18.2. The molecule has 1 aromatic rings. The van der Waals surface area contributed by atoms with Crippen molar-refractivity contribution in [3.8, 4) is 5.75 Å². The molecule has 1 aliphatic rings. The minimum atomic E-state index is 0.101. The number of benzene rings is 1. The van der Waals surface area contributed by atoms with Gasteiger partial charge in [-0.2, -0.15) is 0 Å². The Labute approximate surface area is 109 Å². The lowest BCUT2D eigenvalue weighted by Crippen LogP contribution is -2.15. The molecular weight excluding hydrogens is 224 g/mol. The predicted molar refractivity (Wildman–Crippen MR) is 73.5 cm³/mol. The molecule has 0 atom stereocenters. The standard InChI is InChI=1S/C16H22O2/c1-10-8-12-6-7-16(3,4)9-13(17)14(12)11(2)15(10)18-5/h8H,6-7,9H2,1-5H3. The van der Waals surface area contributed by atoms with Gasteiger partial charge in [0.25, 0.3) is 0 Å². The molecule has 18 heavy (non-hydrogen) atoms. The van der Waals surface area contributed by atoms with Crippen molar-refractivity contribution in [2.24, 2.45) is 5.41 Å². The zero-order valence-electron chi connectivity index (χ0n) is 12.0. The summed E-state index contributed by atoms with van der Waals surface area (Å²) in [5, 5.41) is 0. The van der Waals surface area contributed by atoms with Gasteiger partial charge in [-0.05, 0) is 43.2 Å². The number of carbonyl (C=O) groups is 1. The molecule has 0 saturated heterocycles. The summed E-state index contributed by atoms with van der Waals surface area (Å²) in [6.07, 6.45) is 2.68. The molecule has 1 aliphatic carbocycles. The van der Waals surface area contributed by atoms with E-state index in [1.165, 1.54) is 5.56 Å². The van der Waals surface area contributed by atoms with Crippen LogP contribution in [0.5, 0.6) is 5.75 Å². The van der Waals surface area contributed by atoms with E-state index in [0.717, 1.165) is 35.3 Å². The Morgan fingerprint density at radius 3 is 2.56 bits per heavy atom. The highest BCUT2D eigenvalue weighted by Gasteiger charge is 2.30. The fourth-order valence-corrected chi connectivity index (χ4v) is 3.03. The van der Waals surface area contributed by atoms with Crippen LogP contribution in [0.4, 0.5) is 0 Å². The Morgan fingerprint density at radius 2 is 1.94 bits per heavy atom. The van der Waals surface area contributed by atoms with Gasteiger partial charge in [-0.15, -0.1) is 0 Å². The number of ether oxygens (including phenoxy) is 1. The summed E-state index contributed by atoms with van der Waals surface area (Å²) in [4.78, 5) is 12.5. The average molecular weight is 246 g/mol. The molecule has 0 aliphatic heterocycles. The van der Waals surface area contributed by atoms with E-state index in [1.54, 1.807) is 7.11 Å². The number of hydrogen-bond acceptors (Lipinski definition) is 2. The SMILES string of the molecule is COc1c(C)cc2c(c1C)C(=O)CC(C)(C)CC2. The lowest BCUT2D eigenvalue weighted by molar-refractivity contribution is 0.0933. The van der Waals surface area contributed by atoms with Crippen LogP contribution in [-0.2, 0) is 6.42 Å².